The zero-order valence-corrected chi connectivity index (χ0v) is 14.1. The molecule has 0 aromatic heterocycles. The summed E-state index contributed by atoms with van der Waals surface area (Å²) in [6.07, 6.45) is 4.23. The molecule has 4 heteroatoms. The lowest BCUT2D eigenvalue weighted by Crippen LogP contribution is -2.60. The first-order chi connectivity index (χ1) is 12.2. The van der Waals surface area contributed by atoms with Crippen LogP contribution in [0.4, 0.5) is 0 Å². The maximum atomic E-state index is 13.3. The van der Waals surface area contributed by atoms with Gasteiger partial charge in [0, 0.05) is 23.1 Å². The van der Waals surface area contributed by atoms with E-state index in [2.05, 4.69) is 17.0 Å². The van der Waals surface area contributed by atoms with Crippen LogP contribution < -0.4 is 0 Å². The number of hydrogen-bond acceptors (Lipinski definition) is 3. The van der Waals surface area contributed by atoms with Gasteiger partial charge < -0.3 is 4.90 Å². The molecule has 0 saturated carbocycles. The Morgan fingerprint density at radius 3 is 1.92 bits per heavy atom. The number of amides is 2. The summed E-state index contributed by atoms with van der Waals surface area (Å²) in [6.45, 7) is 3.06. The number of imide groups is 1. The Morgan fingerprint density at radius 1 is 0.800 bits per heavy atom. The Morgan fingerprint density at radius 2 is 1.40 bits per heavy atom. The number of benzene rings is 2. The molecule has 1 atom stereocenters. The van der Waals surface area contributed by atoms with Crippen LogP contribution in [0.3, 0.4) is 0 Å². The summed E-state index contributed by atoms with van der Waals surface area (Å²) in [5.41, 5.74) is 4.03. The van der Waals surface area contributed by atoms with E-state index < -0.39 is 0 Å². The molecule has 3 fully saturated rings. The second-order valence-electron chi connectivity index (χ2n) is 7.98. The molecule has 126 valence electrons. The Labute approximate surface area is 146 Å². The van der Waals surface area contributed by atoms with Crippen LogP contribution >= 0.6 is 0 Å². The van der Waals surface area contributed by atoms with Gasteiger partial charge in [0.05, 0.1) is 6.04 Å². The van der Waals surface area contributed by atoms with Crippen molar-refractivity contribution in [2.75, 3.05) is 19.6 Å². The molecular weight excluding hydrogens is 312 g/mol. The fourth-order valence-corrected chi connectivity index (χ4v) is 5.56. The fraction of sp³-hybridized carbons (Fsp3) is 0.429. The van der Waals surface area contributed by atoms with Crippen molar-refractivity contribution in [1.29, 1.82) is 0 Å². The van der Waals surface area contributed by atoms with Crippen molar-refractivity contribution in [2.45, 2.75) is 31.7 Å². The van der Waals surface area contributed by atoms with Crippen molar-refractivity contribution in [3.05, 3.63) is 46.5 Å². The zero-order chi connectivity index (χ0) is 16.7. The first kappa shape index (κ1) is 14.0. The topological polar surface area (TPSA) is 40.6 Å². The minimum absolute atomic E-state index is 0.0372. The molecule has 2 aromatic carbocycles. The Bertz CT molecular complexity index is 897. The molecule has 2 aromatic rings. The first-order valence-corrected chi connectivity index (χ1v) is 9.40. The van der Waals surface area contributed by atoms with Gasteiger partial charge in [-0.25, -0.2) is 0 Å². The van der Waals surface area contributed by atoms with Crippen molar-refractivity contribution in [2.24, 2.45) is 5.92 Å². The smallest absolute Gasteiger partial charge is 0.261 e. The number of hydrogen-bond donors (Lipinski definition) is 0. The van der Waals surface area contributed by atoms with Crippen LogP contribution in [-0.4, -0.2) is 47.3 Å². The van der Waals surface area contributed by atoms with Gasteiger partial charge in [0.15, 0.2) is 0 Å². The van der Waals surface area contributed by atoms with Crippen LogP contribution in [0.25, 0.3) is 10.8 Å². The maximum absolute atomic E-state index is 13.3. The Balaban J connectivity index is 1.54. The molecule has 4 nitrogen and oxygen atoms in total. The van der Waals surface area contributed by atoms with E-state index in [1.54, 1.807) is 4.90 Å². The van der Waals surface area contributed by atoms with Crippen LogP contribution in [-0.2, 0) is 12.8 Å². The summed E-state index contributed by atoms with van der Waals surface area (Å²) >= 11 is 0. The van der Waals surface area contributed by atoms with Gasteiger partial charge in [-0.1, -0.05) is 12.1 Å². The highest BCUT2D eigenvalue weighted by Crippen LogP contribution is 2.41. The first-order valence-electron chi connectivity index (χ1n) is 9.40. The molecule has 0 N–H and O–H groups in total. The summed E-state index contributed by atoms with van der Waals surface area (Å²) in [5, 5.41) is 2.09. The number of aryl methyl sites for hydroxylation is 2. The van der Waals surface area contributed by atoms with Gasteiger partial charge in [-0.2, -0.15) is 0 Å². The molecule has 1 unspecified atom stereocenters. The Hall–Kier alpha value is -2.20. The van der Waals surface area contributed by atoms with E-state index in [0.717, 1.165) is 61.8 Å². The molecule has 3 saturated heterocycles. The lowest BCUT2D eigenvalue weighted by molar-refractivity contribution is 0.00882. The molecule has 4 heterocycles. The van der Waals surface area contributed by atoms with Gasteiger partial charge >= 0.3 is 0 Å². The molecule has 7 rings (SSSR count). The normalized spacial score (nSPS) is 29.8. The van der Waals surface area contributed by atoms with Crippen molar-refractivity contribution in [1.82, 2.24) is 9.80 Å². The van der Waals surface area contributed by atoms with Crippen LogP contribution in [0.15, 0.2) is 24.3 Å². The largest absolute Gasteiger partial charge is 0.301 e. The lowest BCUT2D eigenvalue weighted by atomic mass is 9.81. The van der Waals surface area contributed by atoms with E-state index in [-0.39, 0.29) is 17.9 Å². The van der Waals surface area contributed by atoms with Crippen molar-refractivity contribution in [3.63, 3.8) is 0 Å². The number of fused-ring (bicyclic) bond motifs is 3. The number of carbonyl (C=O) groups is 2. The van der Waals surface area contributed by atoms with Gasteiger partial charge in [-0.05, 0) is 73.3 Å². The minimum atomic E-state index is -0.0770. The van der Waals surface area contributed by atoms with Crippen LogP contribution in [0.5, 0.6) is 0 Å². The van der Waals surface area contributed by atoms with Gasteiger partial charge in [0.2, 0.25) is 0 Å². The number of nitrogens with zero attached hydrogens (tertiary/aromatic N) is 2. The monoisotopic (exact) mass is 332 g/mol. The number of carbonyl (C=O) groups excluding carboxylic acids is 2. The average molecular weight is 332 g/mol. The highest BCUT2D eigenvalue weighted by molar-refractivity contribution is 6.26. The molecule has 25 heavy (non-hydrogen) atoms. The fourth-order valence-electron chi connectivity index (χ4n) is 5.56. The van der Waals surface area contributed by atoms with Crippen molar-refractivity contribution >= 4 is 22.6 Å². The highest BCUT2D eigenvalue weighted by atomic mass is 16.2. The predicted octanol–water partition coefficient (Wildman–Crippen LogP) is 2.63. The van der Waals surface area contributed by atoms with Crippen LogP contribution in [0.1, 0.15) is 44.7 Å². The van der Waals surface area contributed by atoms with Gasteiger partial charge in [0.25, 0.3) is 11.8 Å². The molecule has 1 aliphatic carbocycles. The van der Waals surface area contributed by atoms with E-state index in [1.165, 1.54) is 16.5 Å². The number of piperidine rings is 3. The quantitative estimate of drug-likeness (QED) is 0.754. The molecule has 2 amide bonds. The predicted molar refractivity (Wildman–Crippen MR) is 94.8 cm³/mol. The van der Waals surface area contributed by atoms with E-state index in [9.17, 15) is 9.59 Å². The third-order valence-corrected chi connectivity index (χ3v) is 6.85. The third-order valence-electron chi connectivity index (χ3n) is 6.85. The van der Waals surface area contributed by atoms with E-state index >= 15 is 0 Å². The standard InChI is InChI=1S/C21H20N2O2/c24-20-15-5-3-13-1-2-14-4-6-16(19(15)18(13)14)21(25)23(20)17-11-22-9-7-12(17)8-10-22/h3-6,12,17H,1-2,7-11H2. The second-order valence-corrected chi connectivity index (χ2v) is 7.98. The van der Waals surface area contributed by atoms with E-state index in [1.807, 2.05) is 12.1 Å². The van der Waals surface area contributed by atoms with Crippen molar-refractivity contribution in [3.8, 4) is 0 Å². The lowest BCUT2D eigenvalue weighted by Gasteiger charge is -2.49. The summed E-state index contributed by atoms with van der Waals surface area (Å²) in [6, 6.07) is 8.15. The summed E-state index contributed by atoms with van der Waals surface area (Å²) in [7, 11) is 0. The third kappa shape index (κ3) is 1.70. The van der Waals surface area contributed by atoms with E-state index in [0.29, 0.717) is 5.92 Å². The summed E-state index contributed by atoms with van der Waals surface area (Å²) in [5.74, 6) is 0.308. The summed E-state index contributed by atoms with van der Waals surface area (Å²) in [4.78, 5) is 30.6. The molecule has 2 bridgehead atoms. The molecule has 5 aliphatic rings. The van der Waals surface area contributed by atoms with E-state index in [4.69, 9.17) is 0 Å². The minimum Gasteiger partial charge on any atom is -0.301 e. The summed E-state index contributed by atoms with van der Waals surface area (Å²) < 4.78 is 0. The van der Waals surface area contributed by atoms with Gasteiger partial charge in [0.1, 0.15) is 0 Å². The van der Waals surface area contributed by atoms with Crippen molar-refractivity contribution < 1.29 is 9.59 Å². The van der Waals surface area contributed by atoms with Gasteiger partial charge in [-0.3, -0.25) is 14.5 Å². The molecule has 0 spiro atoms. The average Bonchev–Trinajstić information content (AvgIpc) is 3.08. The highest BCUT2D eigenvalue weighted by Gasteiger charge is 2.45. The zero-order valence-electron chi connectivity index (χ0n) is 14.1. The number of rotatable bonds is 1. The maximum Gasteiger partial charge on any atom is 0.261 e. The molecule has 0 radical (unpaired) electrons. The SMILES string of the molecule is O=C1c2ccc3c4c(ccc(c24)C(=O)N1C1CN2CCC1CC2)CC3. The molecular formula is C21H20N2O2. The Kier molecular flexibility index (Phi) is 2.64. The van der Waals surface area contributed by atoms with Crippen LogP contribution in [0, 0.1) is 5.92 Å². The molecule has 4 aliphatic heterocycles. The van der Waals surface area contributed by atoms with Crippen LogP contribution in [0.2, 0.25) is 0 Å². The second kappa shape index (κ2) is 4.70. The van der Waals surface area contributed by atoms with Gasteiger partial charge in [-0.15, -0.1) is 0 Å².